The highest BCUT2D eigenvalue weighted by Gasteiger charge is 2.34. The molecule has 3 fully saturated rings. The van der Waals surface area contributed by atoms with E-state index >= 15 is 0 Å². The number of fused-ring (bicyclic) bond motifs is 1. The van der Waals surface area contributed by atoms with Gasteiger partial charge in [-0.15, -0.1) is 0 Å². The monoisotopic (exact) mass is 208 g/mol. The molecule has 86 valence electrons. The average Bonchev–Trinajstić information content (AvgIpc) is 3.07. The van der Waals surface area contributed by atoms with E-state index in [0.29, 0.717) is 0 Å². The van der Waals surface area contributed by atoms with Gasteiger partial charge in [0, 0.05) is 18.6 Å². The van der Waals surface area contributed by atoms with E-state index in [1.54, 1.807) is 0 Å². The van der Waals surface area contributed by atoms with Crippen LogP contribution in [0.2, 0.25) is 0 Å². The van der Waals surface area contributed by atoms with Gasteiger partial charge in [-0.3, -0.25) is 4.90 Å². The van der Waals surface area contributed by atoms with Crippen molar-refractivity contribution in [2.24, 2.45) is 5.92 Å². The summed E-state index contributed by atoms with van der Waals surface area (Å²) in [6.45, 7) is 4.04. The van der Waals surface area contributed by atoms with Crippen LogP contribution in [0.3, 0.4) is 0 Å². The van der Waals surface area contributed by atoms with Crippen molar-refractivity contribution in [1.29, 1.82) is 0 Å². The molecule has 1 aliphatic carbocycles. The number of nitrogens with one attached hydrogen (secondary N) is 1. The van der Waals surface area contributed by atoms with Crippen LogP contribution in [0.5, 0.6) is 0 Å². The molecule has 0 aromatic rings. The highest BCUT2D eigenvalue weighted by atomic mass is 15.2. The van der Waals surface area contributed by atoms with E-state index in [9.17, 15) is 0 Å². The van der Waals surface area contributed by atoms with Crippen molar-refractivity contribution >= 4 is 0 Å². The van der Waals surface area contributed by atoms with Crippen LogP contribution in [0.15, 0.2) is 0 Å². The fourth-order valence-electron chi connectivity index (χ4n) is 3.37. The smallest absolute Gasteiger partial charge is 0.0249 e. The summed E-state index contributed by atoms with van der Waals surface area (Å²) in [6.07, 6.45) is 10.1. The second-order valence-electron chi connectivity index (χ2n) is 5.70. The van der Waals surface area contributed by atoms with Crippen molar-refractivity contribution in [3.63, 3.8) is 0 Å². The molecule has 0 radical (unpaired) electrons. The van der Waals surface area contributed by atoms with Gasteiger partial charge in [0.2, 0.25) is 0 Å². The van der Waals surface area contributed by atoms with Crippen molar-refractivity contribution < 1.29 is 0 Å². The lowest BCUT2D eigenvalue weighted by molar-refractivity contribution is 0.134. The number of hydrogen-bond acceptors (Lipinski definition) is 2. The van der Waals surface area contributed by atoms with Crippen molar-refractivity contribution in [2.45, 2.75) is 57.0 Å². The van der Waals surface area contributed by atoms with Crippen molar-refractivity contribution in [3.8, 4) is 0 Å². The molecule has 2 atom stereocenters. The van der Waals surface area contributed by atoms with E-state index in [0.717, 1.165) is 18.0 Å². The van der Waals surface area contributed by atoms with Crippen molar-refractivity contribution in [1.82, 2.24) is 10.2 Å². The fourth-order valence-corrected chi connectivity index (χ4v) is 3.37. The Balaban J connectivity index is 1.66. The van der Waals surface area contributed by atoms with Crippen molar-refractivity contribution in [3.05, 3.63) is 0 Å². The van der Waals surface area contributed by atoms with E-state index in [4.69, 9.17) is 0 Å². The average molecular weight is 208 g/mol. The van der Waals surface area contributed by atoms with Gasteiger partial charge >= 0.3 is 0 Å². The number of piperidine rings is 1. The van der Waals surface area contributed by atoms with E-state index < -0.39 is 0 Å². The Hall–Kier alpha value is -0.0800. The summed E-state index contributed by atoms with van der Waals surface area (Å²) in [4.78, 5) is 2.82. The van der Waals surface area contributed by atoms with Crippen LogP contribution < -0.4 is 5.32 Å². The minimum Gasteiger partial charge on any atom is -0.312 e. The van der Waals surface area contributed by atoms with Crippen LogP contribution in [0.4, 0.5) is 0 Å². The molecule has 2 heteroatoms. The maximum atomic E-state index is 3.74. The minimum atomic E-state index is 0.819. The third kappa shape index (κ3) is 2.36. The lowest BCUT2D eigenvalue weighted by atomic mass is 9.94. The predicted octanol–water partition coefficient (Wildman–Crippen LogP) is 2.00. The Morgan fingerprint density at radius 1 is 1.00 bits per heavy atom. The second-order valence-corrected chi connectivity index (χ2v) is 5.70. The molecule has 2 aliphatic heterocycles. The second kappa shape index (κ2) is 4.42. The Morgan fingerprint density at radius 3 is 2.80 bits per heavy atom. The highest BCUT2D eigenvalue weighted by Crippen LogP contribution is 2.33. The molecule has 0 amide bonds. The first kappa shape index (κ1) is 10.1. The summed E-state index contributed by atoms with van der Waals surface area (Å²) < 4.78 is 0. The van der Waals surface area contributed by atoms with E-state index in [2.05, 4.69) is 10.2 Å². The zero-order valence-electron chi connectivity index (χ0n) is 9.75. The first-order valence-corrected chi connectivity index (χ1v) is 6.91. The van der Waals surface area contributed by atoms with Crippen molar-refractivity contribution in [2.75, 3.05) is 19.6 Å². The number of rotatable bonds is 2. The van der Waals surface area contributed by atoms with Gasteiger partial charge in [0.1, 0.15) is 0 Å². The van der Waals surface area contributed by atoms with Gasteiger partial charge in [-0.1, -0.05) is 6.42 Å². The summed E-state index contributed by atoms with van der Waals surface area (Å²) in [5, 5.41) is 3.74. The van der Waals surface area contributed by atoms with Gasteiger partial charge < -0.3 is 5.32 Å². The van der Waals surface area contributed by atoms with E-state index in [1.165, 1.54) is 64.6 Å². The first-order valence-electron chi connectivity index (χ1n) is 6.91. The molecule has 3 rings (SSSR count). The molecule has 1 N–H and O–H groups in total. The van der Waals surface area contributed by atoms with Gasteiger partial charge in [0.15, 0.2) is 0 Å². The molecule has 0 spiro atoms. The molecule has 1 saturated carbocycles. The standard InChI is InChI=1S/C13H24N2/c1-2-9-15(10-11-6-7-11)13-5-3-8-14-12(13)4-1/h11-14H,1-10H2/t12-,13-/m1/s1. The number of nitrogens with zero attached hydrogens (tertiary/aromatic N) is 1. The zero-order valence-corrected chi connectivity index (χ0v) is 9.75. The molecule has 2 nitrogen and oxygen atoms in total. The van der Waals surface area contributed by atoms with Crippen LogP contribution in [0, 0.1) is 5.92 Å². The van der Waals surface area contributed by atoms with Crippen LogP contribution >= 0.6 is 0 Å². The third-order valence-electron chi connectivity index (χ3n) is 4.42. The number of likely N-dealkylation sites (tertiary alicyclic amines) is 1. The highest BCUT2D eigenvalue weighted by molar-refractivity contribution is 4.92. The van der Waals surface area contributed by atoms with Gasteiger partial charge in [0.25, 0.3) is 0 Å². The van der Waals surface area contributed by atoms with Gasteiger partial charge in [-0.25, -0.2) is 0 Å². The summed E-state index contributed by atoms with van der Waals surface area (Å²) in [7, 11) is 0. The summed E-state index contributed by atoms with van der Waals surface area (Å²) in [5.41, 5.74) is 0. The normalized spacial score (nSPS) is 38.4. The molecule has 0 aromatic carbocycles. The molecule has 15 heavy (non-hydrogen) atoms. The lowest BCUT2D eigenvalue weighted by Crippen LogP contribution is -2.52. The Labute approximate surface area is 93.4 Å². The van der Waals surface area contributed by atoms with Crippen LogP contribution in [-0.4, -0.2) is 36.6 Å². The molecule has 2 heterocycles. The summed E-state index contributed by atoms with van der Waals surface area (Å²) >= 11 is 0. The molecular formula is C13H24N2. The maximum Gasteiger partial charge on any atom is 0.0249 e. The van der Waals surface area contributed by atoms with Crippen LogP contribution in [0.25, 0.3) is 0 Å². The third-order valence-corrected chi connectivity index (χ3v) is 4.42. The Bertz CT molecular complexity index is 213. The van der Waals surface area contributed by atoms with E-state index in [-0.39, 0.29) is 0 Å². The molecule has 2 saturated heterocycles. The van der Waals surface area contributed by atoms with Gasteiger partial charge in [0.05, 0.1) is 0 Å². The Kier molecular flexibility index (Phi) is 2.98. The maximum absolute atomic E-state index is 3.74. The number of hydrogen-bond donors (Lipinski definition) is 1. The molecule has 3 aliphatic rings. The molecule has 0 bridgehead atoms. The predicted molar refractivity (Wildman–Crippen MR) is 63.0 cm³/mol. The quantitative estimate of drug-likeness (QED) is 0.747. The van der Waals surface area contributed by atoms with Crippen LogP contribution in [-0.2, 0) is 0 Å². The van der Waals surface area contributed by atoms with Gasteiger partial charge in [-0.05, 0) is 57.5 Å². The zero-order chi connectivity index (χ0) is 10.1. The minimum absolute atomic E-state index is 0.819. The molecule has 0 aromatic heterocycles. The topological polar surface area (TPSA) is 15.3 Å². The van der Waals surface area contributed by atoms with Crippen LogP contribution in [0.1, 0.15) is 44.9 Å². The first-order chi connectivity index (χ1) is 7.43. The molecular weight excluding hydrogens is 184 g/mol. The SMILES string of the molecule is C1CN[C@@H]2CCCCN(CC3CC3)[C@@H]2C1. The fraction of sp³-hybridized carbons (Fsp3) is 1.00. The van der Waals surface area contributed by atoms with E-state index in [1.807, 2.05) is 0 Å². The summed E-state index contributed by atoms with van der Waals surface area (Å²) in [6, 6.07) is 1.70. The molecule has 0 unspecified atom stereocenters. The van der Waals surface area contributed by atoms with Gasteiger partial charge in [-0.2, -0.15) is 0 Å². The summed E-state index contributed by atoms with van der Waals surface area (Å²) in [5.74, 6) is 1.06. The Morgan fingerprint density at radius 2 is 1.93 bits per heavy atom. The lowest BCUT2D eigenvalue weighted by Gasteiger charge is -2.39. The largest absolute Gasteiger partial charge is 0.312 e.